The monoisotopic (exact) mass is 176 g/mol. The van der Waals surface area contributed by atoms with E-state index in [1.165, 1.54) is 5.56 Å². The van der Waals surface area contributed by atoms with Gasteiger partial charge in [-0.2, -0.15) is 0 Å². The van der Waals surface area contributed by atoms with Crippen LogP contribution in [0.5, 0.6) is 0 Å². The maximum atomic E-state index is 5.43. The number of rotatable bonds is 1. The molecule has 0 aromatic heterocycles. The van der Waals surface area contributed by atoms with E-state index in [-0.39, 0.29) is 5.60 Å². The molecule has 3 rings (SSSR count). The first kappa shape index (κ1) is 7.54. The fraction of sp³-hybridized carbons (Fsp3) is 0.455. The molecule has 2 atom stereocenters. The zero-order chi connectivity index (χ0) is 8.73. The van der Waals surface area contributed by atoms with Crippen molar-refractivity contribution in [1.29, 1.82) is 0 Å². The molecule has 1 saturated heterocycles. The molecular weight excluding hydrogens is 164 g/mol. The summed E-state index contributed by atoms with van der Waals surface area (Å²) in [5.41, 5.74) is 1.14. The van der Waals surface area contributed by atoms with Crippen molar-refractivity contribution in [2.75, 3.05) is 0 Å². The fourth-order valence-electron chi connectivity index (χ4n) is 2.34. The Bertz CT molecular complexity index is 299. The fourth-order valence-corrected chi connectivity index (χ4v) is 2.34. The Hall–Kier alpha value is -0.860. The Morgan fingerprint density at radius 1 is 1.23 bits per heavy atom. The van der Waals surface area contributed by atoms with Crippen LogP contribution in [0, 0.1) is 0 Å². The minimum Gasteiger partial charge on any atom is -0.232 e. The maximum absolute atomic E-state index is 5.43. The van der Waals surface area contributed by atoms with Gasteiger partial charge in [-0.15, -0.1) is 0 Å². The minimum atomic E-state index is -0.119. The lowest BCUT2D eigenvalue weighted by molar-refractivity contribution is -0.351. The topological polar surface area (TPSA) is 18.5 Å². The lowest BCUT2D eigenvalue weighted by Crippen LogP contribution is -2.22. The van der Waals surface area contributed by atoms with Gasteiger partial charge in [-0.3, -0.25) is 0 Å². The molecule has 1 aromatic rings. The van der Waals surface area contributed by atoms with E-state index >= 15 is 0 Å². The average molecular weight is 176 g/mol. The van der Waals surface area contributed by atoms with E-state index in [9.17, 15) is 0 Å². The first-order chi connectivity index (χ1) is 6.39. The SMILES string of the molecule is c1ccc([C@]23CC[C@H](C2)OO3)cc1. The van der Waals surface area contributed by atoms with Crippen molar-refractivity contribution in [3.63, 3.8) is 0 Å². The van der Waals surface area contributed by atoms with E-state index in [1.807, 2.05) is 6.07 Å². The molecule has 1 aromatic carbocycles. The van der Waals surface area contributed by atoms with Crippen LogP contribution in [0.25, 0.3) is 0 Å². The summed E-state index contributed by atoms with van der Waals surface area (Å²) >= 11 is 0. The highest BCUT2D eigenvalue weighted by molar-refractivity contribution is 5.24. The highest BCUT2D eigenvalue weighted by Gasteiger charge is 2.49. The lowest BCUT2D eigenvalue weighted by atomic mass is 9.92. The molecule has 13 heavy (non-hydrogen) atoms. The average Bonchev–Trinajstić information content (AvgIpc) is 2.80. The summed E-state index contributed by atoms with van der Waals surface area (Å²) < 4.78 is 0. The highest BCUT2D eigenvalue weighted by Crippen LogP contribution is 2.48. The summed E-state index contributed by atoms with van der Waals surface area (Å²) in [5, 5.41) is 0. The van der Waals surface area contributed by atoms with Gasteiger partial charge in [0.1, 0.15) is 5.60 Å². The van der Waals surface area contributed by atoms with Gasteiger partial charge in [-0.05, 0) is 18.4 Å². The molecule has 2 heteroatoms. The molecule has 1 aliphatic carbocycles. The van der Waals surface area contributed by atoms with E-state index in [0.29, 0.717) is 6.10 Å². The van der Waals surface area contributed by atoms with Crippen LogP contribution >= 0.6 is 0 Å². The van der Waals surface area contributed by atoms with Gasteiger partial charge in [0, 0.05) is 6.42 Å². The van der Waals surface area contributed by atoms with Gasteiger partial charge in [0.2, 0.25) is 0 Å². The summed E-state index contributed by atoms with van der Waals surface area (Å²) in [6, 6.07) is 10.4. The first-order valence-corrected chi connectivity index (χ1v) is 4.79. The zero-order valence-corrected chi connectivity index (χ0v) is 7.40. The zero-order valence-electron chi connectivity index (χ0n) is 7.40. The van der Waals surface area contributed by atoms with Crippen molar-refractivity contribution in [2.45, 2.75) is 31.0 Å². The second-order valence-corrected chi connectivity index (χ2v) is 3.90. The van der Waals surface area contributed by atoms with Gasteiger partial charge < -0.3 is 0 Å². The van der Waals surface area contributed by atoms with Crippen LogP contribution in [0.4, 0.5) is 0 Å². The van der Waals surface area contributed by atoms with Crippen molar-refractivity contribution in [3.05, 3.63) is 35.9 Å². The van der Waals surface area contributed by atoms with Crippen LogP contribution in [0.2, 0.25) is 0 Å². The van der Waals surface area contributed by atoms with E-state index in [2.05, 4.69) is 24.3 Å². The van der Waals surface area contributed by atoms with Crippen molar-refractivity contribution >= 4 is 0 Å². The van der Waals surface area contributed by atoms with Crippen molar-refractivity contribution in [2.24, 2.45) is 0 Å². The molecule has 2 nitrogen and oxygen atoms in total. The van der Waals surface area contributed by atoms with E-state index < -0.39 is 0 Å². The predicted molar refractivity (Wildman–Crippen MR) is 47.9 cm³/mol. The van der Waals surface area contributed by atoms with Crippen molar-refractivity contribution in [3.8, 4) is 0 Å². The van der Waals surface area contributed by atoms with E-state index in [4.69, 9.17) is 9.78 Å². The maximum Gasteiger partial charge on any atom is 0.131 e. The Labute approximate surface area is 77.4 Å². The van der Waals surface area contributed by atoms with Gasteiger partial charge >= 0.3 is 0 Å². The summed E-state index contributed by atoms with van der Waals surface area (Å²) in [5.74, 6) is 0. The van der Waals surface area contributed by atoms with E-state index in [0.717, 1.165) is 19.3 Å². The Morgan fingerprint density at radius 2 is 2.08 bits per heavy atom. The molecule has 0 unspecified atom stereocenters. The van der Waals surface area contributed by atoms with Gasteiger partial charge in [0.15, 0.2) is 0 Å². The smallest absolute Gasteiger partial charge is 0.131 e. The predicted octanol–water partition coefficient (Wildman–Crippen LogP) is 2.40. The molecule has 1 saturated carbocycles. The minimum absolute atomic E-state index is 0.119. The molecular formula is C11H12O2. The van der Waals surface area contributed by atoms with Gasteiger partial charge in [-0.1, -0.05) is 30.3 Å². The summed E-state index contributed by atoms with van der Waals surface area (Å²) in [7, 11) is 0. The standard InChI is InChI=1S/C11H12O2/c1-2-4-9(5-3-1)11-7-6-10(8-11)12-13-11/h1-5,10H,6-8H2/t10-,11+/m1/s1. The van der Waals surface area contributed by atoms with Crippen LogP contribution in [0.1, 0.15) is 24.8 Å². The molecule has 2 bridgehead atoms. The largest absolute Gasteiger partial charge is 0.232 e. The van der Waals surface area contributed by atoms with Crippen molar-refractivity contribution < 1.29 is 9.78 Å². The molecule has 2 aliphatic rings. The molecule has 0 spiro atoms. The van der Waals surface area contributed by atoms with Crippen molar-refractivity contribution in [1.82, 2.24) is 0 Å². The molecule has 1 heterocycles. The van der Waals surface area contributed by atoms with Crippen LogP contribution in [0.3, 0.4) is 0 Å². The second-order valence-electron chi connectivity index (χ2n) is 3.90. The Morgan fingerprint density at radius 3 is 2.62 bits per heavy atom. The van der Waals surface area contributed by atoms with Crippen LogP contribution in [-0.4, -0.2) is 6.10 Å². The van der Waals surface area contributed by atoms with Crippen LogP contribution < -0.4 is 0 Å². The quantitative estimate of drug-likeness (QED) is 0.612. The summed E-state index contributed by atoms with van der Waals surface area (Å²) in [6.07, 6.45) is 3.59. The number of hydrogen-bond donors (Lipinski definition) is 0. The lowest BCUT2D eigenvalue weighted by Gasteiger charge is -2.24. The Kier molecular flexibility index (Phi) is 1.49. The van der Waals surface area contributed by atoms with Crippen LogP contribution in [-0.2, 0) is 15.4 Å². The number of fused-ring (bicyclic) bond motifs is 2. The second kappa shape index (κ2) is 2.56. The number of benzene rings is 1. The third-order valence-electron chi connectivity index (χ3n) is 3.07. The summed E-state index contributed by atoms with van der Waals surface area (Å²) in [4.78, 5) is 10.6. The van der Waals surface area contributed by atoms with Gasteiger partial charge in [0.05, 0.1) is 6.10 Å². The van der Waals surface area contributed by atoms with Gasteiger partial charge in [-0.25, -0.2) is 9.78 Å². The molecule has 0 radical (unpaired) electrons. The normalized spacial score (nSPS) is 36.8. The summed E-state index contributed by atoms with van der Waals surface area (Å²) in [6.45, 7) is 0. The molecule has 2 fully saturated rings. The highest BCUT2D eigenvalue weighted by atomic mass is 17.2. The number of hydrogen-bond acceptors (Lipinski definition) is 2. The molecule has 1 aliphatic heterocycles. The van der Waals surface area contributed by atoms with Crippen LogP contribution in [0.15, 0.2) is 30.3 Å². The molecule has 0 N–H and O–H groups in total. The van der Waals surface area contributed by atoms with E-state index in [1.54, 1.807) is 0 Å². The first-order valence-electron chi connectivity index (χ1n) is 4.79. The Balaban J connectivity index is 2.00. The molecule has 68 valence electrons. The molecule has 0 amide bonds. The third kappa shape index (κ3) is 1.02. The third-order valence-corrected chi connectivity index (χ3v) is 3.07. The van der Waals surface area contributed by atoms with Gasteiger partial charge in [0.25, 0.3) is 0 Å².